The van der Waals surface area contributed by atoms with Gasteiger partial charge in [0.25, 0.3) is 5.56 Å². The normalized spacial score (nSPS) is 20.6. The predicted molar refractivity (Wildman–Crippen MR) is 83.0 cm³/mol. The molecule has 3 N–H and O–H groups in total. The van der Waals surface area contributed by atoms with Crippen molar-refractivity contribution in [1.82, 2.24) is 9.88 Å². The van der Waals surface area contributed by atoms with Crippen LogP contribution >= 0.6 is 0 Å². The minimum atomic E-state index is -0.398. The fourth-order valence-electron chi connectivity index (χ4n) is 2.69. The van der Waals surface area contributed by atoms with E-state index in [0.717, 1.165) is 5.69 Å². The Labute approximate surface area is 129 Å². The molecular weight excluding hydrogens is 282 g/mol. The van der Waals surface area contributed by atoms with Crippen LogP contribution in [-0.4, -0.2) is 22.4 Å². The van der Waals surface area contributed by atoms with E-state index in [4.69, 9.17) is 5.73 Å². The Balaban J connectivity index is 1.94. The Morgan fingerprint density at radius 2 is 2.05 bits per heavy atom. The molecule has 0 saturated carbocycles. The van der Waals surface area contributed by atoms with Gasteiger partial charge < -0.3 is 15.6 Å². The van der Waals surface area contributed by atoms with Gasteiger partial charge in [-0.1, -0.05) is 18.2 Å². The Morgan fingerprint density at radius 1 is 1.32 bits per heavy atom. The van der Waals surface area contributed by atoms with Gasteiger partial charge in [-0.3, -0.25) is 14.4 Å². The maximum absolute atomic E-state index is 12.1. The van der Waals surface area contributed by atoms with Crippen LogP contribution in [-0.2, 0) is 16.1 Å². The number of nitrogens with one attached hydrogen (secondary N) is 1. The van der Waals surface area contributed by atoms with Gasteiger partial charge in [-0.15, -0.1) is 0 Å². The third-order valence-corrected chi connectivity index (χ3v) is 3.97. The van der Waals surface area contributed by atoms with Crippen LogP contribution in [0.1, 0.15) is 25.0 Å². The summed E-state index contributed by atoms with van der Waals surface area (Å²) in [4.78, 5) is 35.2. The Bertz CT molecular complexity index is 648. The minimum absolute atomic E-state index is 0.122. The summed E-state index contributed by atoms with van der Waals surface area (Å²) in [6, 6.07) is 4.73. The lowest BCUT2D eigenvalue weighted by atomic mass is 9.88. The number of aryl methyl sites for hydroxylation is 1. The van der Waals surface area contributed by atoms with Crippen LogP contribution in [0.2, 0.25) is 0 Å². The third kappa shape index (κ3) is 3.84. The second-order valence-electron chi connectivity index (χ2n) is 5.53. The molecule has 6 heteroatoms. The van der Waals surface area contributed by atoms with Crippen molar-refractivity contribution >= 4 is 11.8 Å². The van der Waals surface area contributed by atoms with Gasteiger partial charge in [0.2, 0.25) is 11.8 Å². The van der Waals surface area contributed by atoms with E-state index in [-0.39, 0.29) is 29.8 Å². The number of amides is 2. The number of primary amides is 1. The number of aromatic nitrogens is 1. The van der Waals surface area contributed by atoms with Gasteiger partial charge >= 0.3 is 0 Å². The van der Waals surface area contributed by atoms with Gasteiger partial charge in [0.05, 0.1) is 5.92 Å². The molecule has 1 aliphatic rings. The molecule has 0 aliphatic heterocycles. The molecule has 1 aromatic heterocycles. The van der Waals surface area contributed by atoms with Gasteiger partial charge in [-0.2, -0.15) is 0 Å². The van der Waals surface area contributed by atoms with E-state index in [1.165, 1.54) is 6.07 Å². The highest BCUT2D eigenvalue weighted by molar-refractivity contribution is 5.80. The van der Waals surface area contributed by atoms with Crippen molar-refractivity contribution in [2.45, 2.75) is 38.8 Å². The Morgan fingerprint density at radius 3 is 2.73 bits per heavy atom. The SMILES string of the molecule is Cc1cccc(=O)n1CCC(=O)N[C@@H]1CC=CC[C@H]1C(N)=O. The molecule has 0 fully saturated rings. The van der Waals surface area contributed by atoms with E-state index in [1.54, 1.807) is 10.6 Å². The summed E-state index contributed by atoms with van der Waals surface area (Å²) in [5, 5.41) is 2.85. The van der Waals surface area contributed by atoms with E-state index in [9.17, 15) is 14.4 Å². The zero-order valence-electron chi connectivity index (χ0n) is 12.6. The predicted octanol–water partition coefficient (Wildman–Crippen LogP) is 0.483. The van der Waals surface area contributed by atoms with E-state index in [1.807, 2.05) is 25.1 Å². The smallest absolute Gasteiger partial charge is 0.250 e. The number of carbonyl (C=O) groups is 2. The second-order valence-corrected chi connectivity index (χ2v) is 5.53. The molecule has 0 radical (unpaired) electrons. The summed E-state index contributed by atoms with van der Waals surface area (Å²) >= 11 is 0. The van der Waals surface area contributed by atoms with Gasteiger partial charge in [0.15, 0.2) is 0 Å². The summed E-state index contributed by atoms with van der Waals surface area (Å²) in [5.74, 6) is -0.943. The van der Waals surface area contributed by atoms with Crippen LogP contribution in [0.3, 0.4) is 0 Å². The van der Waals surface area contributed by atoms with Gasteiger partial charge in [-0.25, -0.2) is 0 Å². The summed E-state index contributed by atoms with van der Waals surface area (Å²) in [6.45, 7) is 2.15. The third-order valence-electron chi connectivity index (χ3n) is 3.97. The van der Waals surface area contributed by atoms with Crippen LogP contribution in [0.25, 0.3) is 0 Å². The average molecular weight is 303 g/mol. The summed E-state index contributed by atoms with van der Waals surface area (Å²) in [6.07, 6.45) is 5.19. The molecule has 2 atom stereocenters. The number of allylic oxidation sites excluding steroid dienone is 1. The topological polar surface area (TPSA) is 94.2 Å². The lowest BCUT2D eigenvalue weighted by molar-refractivity contribution is -0.125. The monoisotopic (exact) mass is 303 g/mol. The van der Waals surface area contributed by atoms with Crippen molar-refractivity contribution in [1.29, 1.82) is 0 Å². The van der Waals surface area contributed by atoms with Gasteiger partial charge in [-0.05, 0) is 25.8 Å². The lowest BCUT2D eigenvalue weighted by Crippen LogP contribution is -2.46. The number of nitrogens with zero attached hydrogens (tertiary/aromatic N) is 1. The number of rotatable bonds is 5. The van der Waals surface area contributed by atoms with E-state index in [0.29, 0.717) is 19.4 Å². The van der Waals surface area contributed by atoms with Crippen LogP contribution in [0.5, 0.6) is 0 Å². The molecule has 1 aromatic rings. The molecule has 22 heavy (non-hydrogen) atoms. The first kappa shape index (κ1) is 16.0. The van der Waals surface area contributed by atoms with E-state index >= 15 is 0 Å². The minimum Gasteiger partial charge on any atom is -0.369 e. The summed E-state index contributed by atoms with van der Waals surface area (Å²) in [7, 11) is 0. The lowest BCUT2D eigenvalue weighted by Gasteiger charge is -2.27. The Kier molecular flexibility index (Phi) is 5.14. The second kappa shape index (κ2) is 7.06. The summed E-state index contributed by atoms with van der Waals surface area (Å²) in [5.41, 5.74) is 6.06. The molecule has 0 saturated heterocycles. The molecule has 0 unspecified atom stereocenters. The van der Waals surface area contributed by atoms with Gasteiger partial charge in [0, 0.05) is 30.8 Å². The van der Waals surface area contributed by atoms with E-state index < -0.39 is 5.91 Å². The van der Waals surface area contributed by atoms with Crippen LogP contribution < -0.4 is 16.6 Å². The van der Waals surface area contributed by atoms with Crippen molar-refractivity contribution < 1.29 is 9.59 Å². The van der Waals surface area contributed by atoms with Gasteiger partial charge in [0.1, 0.15) is 0 Å². The fourth-order valence-corrected chi connectivity index (χ4v) is 2.69. The molecule has 1 heterocycles. The highest BCUT2D eigenvalue weighted by Crippen LogP contribution is 2.18. The maximum Gasteiger partial charge on any atom is 0.250 e. The Hall–Kier alpha value is -2.37. The summed E-state index contributed by atoms with van der Waals surface area (Å²) < 4.78 is 1.56. The van der Waals surface area contributed by atoms with E-state index in [2.05, 4.69) is 5.32 Å². The zero-order chi connectivity index (χ0) is 16.1. The average Bonchev–Trinajstić information content (AvgIpc) is 2.47. The number of hydrogen-bond donors (Lipinski definition) is 2. The molecule has 1 aliphatic carbocycles. The number of nitrogens with two attached hydrogens (primary N) is 1. The molecule has 0 aromatic carbocycles. The quantitative estimate of drug-likeness (QED) is 0.775. The largest absolute Gasteiger partial charge is 0.369 e. The van der Waals surface area contributed by atoms with Crippen molar-refractivity contribution in [3.8, 4) is 0 Å². The number of hydrogen-bond acceptors (Lipinski definition) is 3. The van der Waals surface area contributed by atoms with Crippen molar-refractivity contribution in [2.75, 3.05) is 0 Å². The molecule has 6 nitrogen and oxygen atoms in total. The fraction of sp³-hybridized carbons (Fsp3) is 0.438. The van der Waals surface area contributed by atoms with Crippen molar-refractivity contribution in [3.63, 3.8) is 0 Å². The van der Waals surface area contributed by atoms with Crippen LogP contribution in [0, 0.1) is 12.8 Å². The molecular formula is C16H21N3O3. The van der Waals surface area contributed by atoms with Crippen LogP contribution in [0.15, 0.2) is 35.1 Å². The molecule has 0 spiro atoms. The maximum atomic E-state index is 12.1. The van der Waals surface area contributed by atoms with Crippen molar-refractivity contribution in [2.24, 2.45) is 11.7 Å². The highest BCUT2D eigenvalue weighted by atomic mass is 16.2. The molecule has 118 valence electrons. The molecule has 2 amide bonds. The zero-order valence-corrected chi connectivity index (χ0v) is 12.6. The molecule has 0 bridgehead atoms. The highest BCUT2D eigenvalue weighted by Gasteiger charge is 2.28. The first-order chi connectivity index (χ1) is 10.5. The first-order valence-electron chi connectivity index (χ1n) is 7.39. The molecule has 2 rings (SSSR count). The first-order valence-corrected chi connectivity index (χ1v) is 7.39. The van der Waals surface area contributed by atoms with Crippen molar-refractivity contribution in [3.05, 3.63) is 46.4 Å². The number of carbonyl (C=O) groups excluding carboxylic acids is 2. The van der Waals surface area contributed by atoms with Crippen LogP contribution in [0.4, 0.5) is 0 Å². The standard InChI is InChI=1S/C16H21N3O3/c1-11-5-4-8-15(21)19(11)10-9-14(20)18-13-7-3-2-6-12(13)16(17)22/h2-5,8,12-13H,6-7,9-10H2,1H3,(H2,17,22)(H,18,20)/t12-,13-/m1/s1. The number of pyridine rings is 1.